The van der Waals surface area contributed by atoms with E-state index in [4.69, 9.17) is 0 Å². The summed E-state index contributed by atoms with van der Waals surface area (Å²) in [6, 6.07) is 0. The third-order valence-electron chi connectivity index (χ3n) is 5.64. The SMILES string of the molecule is CCC1CCC(C2CCC(/C=C/CCF)CC2)CC1. The fourth-order valence-electron chi connectivity index (χ4n) is 4.23. The van der Waals surface area contributed by atoms with Crippen LogP contribution in [0, 0.1) is 23.7 Å². The Morgan fingerprint density at radius 1 is 0.895 bits per heavy atom. The van der Waals surface area contributed by atoms with E-state index in [1.54, 1.807) is 0 Å². The minimum Gasteiger partial charge on any atom is -0.251 e. The van der Waals surface area contributed by atoms with Gasteiger partial charge >= 0.3 is 0 Å². The van der Waals surface area contributed by atoms with Crippen LogP contribution in [0.25, 0.3) is 0 Å². The molecule has 0 unspecified atom stereocenters. The molecule has 2 aliphatic carbocycles. The zero-order valence-corrected chi connectivity index (χ0v) is 12.6. The number of halogens is 1. The van der Waals surface area contributed by atoms with Gasteiger partial charge in [0.1, 0.15) is 0 Å². The van der Waals surface area contributed by atoms with Crippen molar-refractivity contribution in [2.45, 2.75) is 71.1 Å². The van der Waals surface area contributed by atoms with Crippen LogP contribution in [-0.2, 0) is 0 Å². The molecule has 0 aromatic heterocycles. The second-order valence-corrected chi connectivity index (χ2v) is 6.77. The summed E-state index contributed by atoms with van der Waals surface area (Å²) in [7, 11) is 0. The van der Waals surface area contributed by atoms with E-state index < -0.39 is 0 Å². The Kier molecular flexibility index (Phi) is 6.40. The van der Waals surface area contributed by atoms with Gasteiger partial charge in [0, 0.05) is 0 Å². The first-order valence-electron chi connectivity index (χ1n) is 8.56. The fraction of sp³-hybridized carbons (Fsp3) is 0.889. The van der Waals surface area contributed by atoms with Gasteiger partial charge in [0.2, 0.25) is 0 Å². The van der Waals surface area contributed by atoms with Gasteiger partial charge in [-0.25, -0.2) is 0 Å². The van der Waals surface area contributed by atoms with Crippen LogP contribution in [0.15, 0.2) is 12.2 Å². The minimum atomic E-state index is -0.202. The molecule has 0 amide bonds. The summed E-state index contributed by atoms with van der Waals surface area (Å²) in [6.07, 6.45) is 17.8. The predicted molar refractivity (Wildman–Crippen MR) is 80.9 cm³/mol. The first-order chi connectivity index (χ1) is 9.33. The monoisotopic (exact) mass is 266 g/mol. The molecule has 0 spiro atoms. The third-order valence-corrected chi connectivity index (χ3v) is 5.64. The minimum absolute atomic E-state index is 0.202. The van der Waals surface area contributed by atoms with Crippen molar-refractivity contribution < 1.29 is 4.39 Å². The number of hydrogen-bond donors (Lipinski definition) is 0. The molecule has 0 saturated heterocycles. The Morgan fingerprint density at radius 3 is 2.00 bits per heavy atom. The van der Waals surface area contributed by atoms with E-state index in [1.165, 1.54) is 57.8 Å². The molecule has 0 aromatic rings. The fourth-order valence-corrected chi connectivity index (χ4v) is 4.23. The third kappa shape index (κ3) is 4.61. The highest BCUT2D eigenvalue weighted by Gasteiger charge is 2.29. The van der Waals surface area contributed by atoms with Gasteiger partial charge in [0.25, 0.3) is 0 Å². The molecule has 0 heterocycles. The van der Waals surface area contributed by atoms with Crippen molar-refractivity contribution >= 4 is 0 Å². The van der Waals surface area contributed by atoms with Crippen LogP contribution in [0.5, 0.6) is 0 Å². The van der Waals surface area contributed by atoms with Crippen LogP contribution in [0.2, 0.25) is 0 Å². The van der Waals surface area contributed by atoms with Gasteiger partial charge in [0.05, 0.1) is 6.67 Å². The molecule has 110 valence electrons. The van der Waals surface area contributed by atoms with Gasteiger partial charge in [-0.15, -0.1) is 0 Å². The number of rotatable bonds is 5. The molecule has 2 saturated carbocycles. The topological polar surface area (TPSA) is 0 Å². The van der Waals surface area contributed by atoms with Gasteiger partial charge in [-0.1, -0.05) is 38.3 Å². The van der Waals surface area contributed by atoms with Crippen molar-refractivity contribution in [3.8, 4) is 0 Å². The summed E-state index contributed by atoms with van der Waals surface area (Å²) >= 11 is 0. The first kappa shape index (κ1) is 15.1. The quantitative estimate of drug-likeness (QED) is 0.541. The highest BCUT2D eigenvalue weighted by atomic mass is 19.1. The summed E-state index contributed by atoms with van der Waals surface area (Å²) < 4.78 is 12.1. The average Bonchev–Trinajstić information content (AvgIpc) is 2.48. The Morgan fingerprint density at radius 2 is 1.47 bits per heavy atom. The summed E-state index contributed by atoms with van der Waals surface area (Å²) in [6.45, 7) is 2.15. The van der Waals surface area contributed by atoms with E-state index in [2.05, 4.69) is 19.1 Å². The van der Waals surface area contributed by atoms with E-state index in [9.17, 15) is 4.39 Å². The first-order valence-corrected chi connectivity index (χ1v) is 8.56. The van der Waals surface area contributed by atoms with Crippen molar-refractivity contribution in [2.24, 2.45) is 23.7 Å². The van der Waals surface area contributed by atoms with E-state index in [1.807, 2.05) is 0 Å². The molecule has 0 atom stereocenters. The summed E-state index contributed by atoms with van der Waals surface area (Å²) in [4.78, 5) is 0. The molecule has 0 bridgehead atoms. The molecule has 0 N–H and O–H groups in total. The molecule has 0 aliphatic heterocycles. The van der Waals surface area contributed by atoms with E-state index in [-0.39, 0.29) is 6.67 Å². The molecule has 0 nitrogen and oxygen atoms in total. The number of alkyl halides is 1. The highest BCUT2D eigenvalue weighted by molar-refractivity contribution is 4.92. The highest BCUT2D eigenvalue weighted by Crippen LogP contribution is 2.42. The Balaban J connectivity index is 1.68. The van der Waals surface area contributed by atoms with Crippen molar-refractivity contribution in [3.63, 3.8) is 0 Å². The van der Waals surface area contributed by atoms with E-state index in [0.29, 0.717) is 6.42 Å². The normalized spacial score (nSPS) is 36.7. The molecule has 2 rings (SSSR count). The summed E-state index contributed by atoms with van der Waals surface area (Å²) in [5.74, 6) is 3.80. The molecule has 19 heavy (non-hydrogen) atoms. The van der Waals surface area contributed by atoms with E-state index >= 15 is 0 Å². The van der Waals surface area contributed by atoms with Crippen molar-refractivity contribution in [1.82, 2.24) is 0 Å². The summed E-state index contributed by atoms with van der Waals surface area (Å²) in [5.41, 5.74) is 0. The Bertz CT molecular complexity index is 255. The summed E-state index contributed by atoms with van der Waals surface area (Å²) in [5, 5.41) is 0. The predicted octanol–water partition coefficient (Wildman–Crippen LogP) is 5.93. The maximum absolute atomic E-state index is 12.1. The lowest BCUT2D eigenvalue weighted by atomic mass is 9.69. The van der Waals surface area contributed by atoms with Crippen molar-refractivity contribution in [2.75, 3.05) is 6.67 Å². The maximum Gasteiger partial charge on any atom is 0.0928 e. The Hall–Kier alpha value is -0.330. The van der Waals surface area contributed by atoms with Crippen molar-refractivity contribution in [1.29, 1.82) is 0 Å². The van der Waals surface area contributed by atoms with Crippen LogP contribution in [-0.4, -0.2) is 6.67 Å². The van der Waals surface area contributed by atoms with Gasteiger partial charge in [-0.3, -0.25) is 4.39 Å². The maximum atomic E-state index is 12.1. The largest absolute Gasteiger partial charge is 0.251 e. The number of allylic oxidation sites excluding steroid dienone is 2. The van der Waals surface area contributed by atoms with Crippen LogP contribution < -0.4 is 0 Å². The average molecular weight is 266 g/mol. The van der Waals surface area contributed by atoms with Gasteiger partial charge in [0.15, 0.2) is 0 Å². The van der Waals surface area contributed by atoms with Crippen molar-refractivity contribution in [3.05, 3.63) is 12.2 Å². The molecule has 0 radical (unpaired) electrons. The smallest absolute Gasteiger partial charge is 0.0928 e. The lowest BCUT2D eigenvalue weighted by Crippen LogP contribution is -2.25. The van der Waals surface area contributed by atoms with Crippen LogP contribution in [0.1, 0.15) is 71.1 Å². The standard InChI is InChI=1S/C18H31F/c1-2-15-6-10-17(11-7-15)18-12-8-16(9-13-18)5-3-4-14-19/h3,5,15-18H,2,4,6-14H2,1H3/b5-3+. The molecular weight excluding hydrogens is 235 g/mol. The van der Waals surface area contributed by atoms with Gasteiger partial charge in [-0.2, -0.15) is 0 Å². The van der Waals surface area contributed by atoms with Crippen LogP contribution in [0.4, 0.5) is 4.39 Å². The molecule has 0 aromatic carbocycles. The second-order valence-electron chi connectivity index (χ2n) is 6.77. The molecule has 2 fully saturated rings. The van der Waals surface area contributed by atoms with E-state index in [0.717, 1.165) is 23.7 Å². The molecular formula is C18H31F. The number of hydrogen-bond acceptors (Lipinski definition) is 0. The zero-order chi connectivity index (χ0) is 13.5. The zero-order valence-electron chi connectivity index (χ0n) is 12.6. The van der Waals surface area contributed by atoms with Gasteiger partial charge < -0.3 is 0 Å². The second kappa shape index (κ2) is 8.07. The molecule has 1 heteroatoms. The Labute approximate surface area is 118 Å². The van der Waals surface area contributed by atoms with Crippen LogP contribution in [0.3, 0.4) is 0 Å². The lowest BCUT2D eigenvalue weighted by molar-refractivity contribution is 0.154. The molecule has 2 aliphatic rings. The van der Waals surface area contributed by atoms with Gasteiger partial charge in [-0.05, 0) is 68.6 Å². The lowest BCUT2D eigenvalue weighted by Gasteiger charge is -2.37. The van der Waals surface area contributed by atoms with Crippen LogP contribution >= 0.6 is 0 Å².